The van der Waals surface area contributed by atoms with E-state index in [-0.39, 0.29) is 5.38 Å². The van der Waals surface area contributed by atoms with Gasteiger partial charge >= 0.3 is 0 Å². The summed E-state index contributed by atoms with van der Waals surface area (Å²) in [6.45, 7) is 0. The van der Waals surface area contributed by atoms with Gasteiger partial charge in [0.25, 0.3) is 0 Å². The van der Waals surface area contributed by atoms with Crippen LogP contribution < -0.4 is 4.74 Å². The Labute approximate surface area is 131 Å². The summed E-state index contributed by atoms with van der Waals surface area (Å²) in [4.78, 5) is 0. The number of alkyl halides is 1. The van der Waals surface area contributed by atoms with Gasteiger partial charge in [0.2, 0.25) is 0 Å². The molecule has 1 atom stereocenters. The summed E-state index contributed by atoms with van der Waals surface area (Å²) in [5.41, 5.74) is 1.98. The van der Waals surface area contributed by atoms with Gasteiger partial charge in [-0.05, 0) is 40.6 Å². The van der Waals surface area contributed by atoms with Crippen molar-refractivity contribution in [2.24, 2.45) is 0 Å². The lowest BCUT2D eigenvalue weighted by Crippen LogP contribution is -1.97. The number of thiophene rings is 1. The van der Waals surface area contributed by atoms with Crippen molar-refractivity contribution >= 4 is 44.6 Å². The third-order valence-electron chi connectivity index (χ3n) is 3.25. The molecule has 0 amide bonds. The van der Waals surface area contributed by atoms with Crippen LogP contribution in [0.15, 0.2) is 47.8 Å². The second-order valence-corrected chi connectivity index (χ2v) is 6.22. The third kappa shape index (κ3) is 2.39. The number of benzene rings is 2. The standard InChI is InChI=1S/C16H12Cl2OS/c1-19-14-7-6-10(17)8-12(14)16(18)13-9-20-15-5-3-2-4-11(13)15/h2-9,16H,1H3. The van der Waals surface area contributed by atoms with Crippen molar-refractivity contribution in [3.63, 3.8) is 0 Å². The Bertz CT molecular complexity index is 751. The third-order valence-corrected chi connectivity index (χ3v) is 4.94. The molecule has 1 nitrogen and oxygen atoms in total. The van der Waals surface area contributed by atoms with Gasteiger partial charge in [-0.1, -0.05) is 29.8 Å². The van der Waals surface area contributed by atoms with E-state index in [2.05, 4.69) is 17.5 Å². The Morgan fingerprint density at radius 3 is 2.70 bits per heavy atom. The number of rotatable bonds is 3. The predicted octanol–water partition coefficient (Wildman–Crippen LogP) is 5.89. The lowest BCUT2D eigenvalue weighted by molar-refractivity contribution is 0.410. The highest BCUT2D eigenvalue weighted by Crippen LogP contribution is 2.41. The molecule has 0 bridgehead atoms. The maximum absolute atomic E-state index is 6.68. The Morgan fingerprint density at radius 2 is 1.90 bits per heavy atom. The summed E-state index contributed by atoms with van der Waals surface area (Å²) in [5, 5.41) is 3.66. The molecule has 0 N–H and O–H groups in total. The molecular formula is C16H12Cl2OS. The van der Waals surface area contributed by atoms with Crippen LogP contribution in [0.1, 0.15) is 16.5 Å². The van der Waals surface area contributed by atoms with Gasteiger partial charge in [0, 0.05) is 15.3 Å². The van der Waals surface area contributed by atoms with Crippen LogP contribution >= 0.6 is 34.5 Å². The zero-order chi connectivity index (χ0) is 14.1. The highest BCUT2D eigenvalue weighted by Gasteiger charge is 2.19. The van der Waals surface area contributed by atoms with Crippen LogP contribution in [-0.2, 0) is 0 Å². The van der Waals surface area contributed by atoms with Gasteiger partial charge in [-0.15, -0.1) is 22.9 Å². The largest absolute Gasteiger partial charge is 0.496 e. The van der Waals surface area contributed by atoms with Crippen molar-refractivity contribution in [1.82, 2.24) is 0 Å². The second kappa shape index (κ2) is 5.65. The molecule has 1 heterocycles. The first-order valence-corrected chi connectivity index (χ1v) is 7.83. The first kappa shape index (κ1) is 13.7. The summed E-state index contributed by atoms with van der Waals surface area (Å²) >= 11 is 14.5. The molecule has 102 valence electrons. The van der Waals surface area contributed by atoms with Crippen LogP contribution in [0.4, 0.5) is 0 Å². The fourth-order valence-corrected chi connectivity index (χ4v) is 3.86. The molecular weight excluding hydrogens is 311 g/mol. The SMILES string of the molecule is COc1ccc(Cl)cc1C(Cl)c1csc2ccccc12. The Morgan fingerprint density at radius 1 is 1.10 bits per heavy atom. The summed E-state index contributed by atoms with van der Waals surface area (Å²) in [6, 6.07) is 13.8. The summed E-state index contributed by atoms with van der Waals surface area (Å²) in [7, 11) is 1.64. The van der Waals surface area contributed by atoms with Gasteiger partial charge in [0.1, 0.15) is 5.75 Å². The van der Waals surface area contributed by atoms with Gasteiger partial charge in [-0.3, -0.25) is 0 Å². The lowest BCUT2D eigenvalue weighted by Gasteiger charge is -2.14. The van der Waals surface area contributed by atoms with E-state index in [1.54, 1.807) is 24.5 Å². The van der Waals surface area contributed by atoms with Crippen molar-refractivity contribution in [3.8, 4) is 5.75 Å². The Hall–Kier alpha value is -1.22. The molecule has 20 heavy (non-hydrogen) atoms. The molecule has 0 aliphatic rings. The fraction of sp³-hybridized carbons (Fsp3) is 0.125. The van der Waals surface area contributed by atoms with Gasteiger partial charge in [-0.2, -0.15) is 0 Å². The lowest BCUT2D eigenvalue weighted by atomic mass is 10.0. The molecule has 2 aromatic carbocycles. The van der Waals surface area contributed by atoms with Crippen molar-refractivity contribution in [3.05, 3.63) is 64.0 Å². The van der Waals surface area contributed by atoms with Crippen molar-refractivity contribution in [2.75, 3.05) is 7.11 Å². The number of hydrogen-bond acceptors (Lipinski definition) is 2. The molecule has 0 aliphatic heterocycles. The van der Waals surface area contributed by atoms with Crippen molar-refractivity contribution in [1.29, 1.82) is 0 Å². The van der Waals surface area contributed by atoms with E-state index < -0.39 is 0 Å². The van der Waals surface area contributed by atoms with E-state index in [0.29, 0.717) is 5.02 Å². The Balaban J connectivity index is 2.13. The number of hydrogen-bond donors (Lipinski definition) is 0. The first-order chi connectivity index (χ1) is 9.70. The van der Waals surface area contributed by atoms with Crippen LogP contribution in [0, 0.1) is 0 Å². The quantitative estimate of drug-likeness (QED) is 0.546. The van der Waals surface area contributed by atoms with Crippen LogP contribution in [0.25, 0.3) is 10.1 Å². The first-order valence-electron chi connectivity index (χ1n) is 6.14. The van der Waals surface area contributed by atoms with Crippen LogP contribution in [0.3, 0.4) is 0 Å². The van der Waals surface area contributed by atoms with Crippen LogP contribution in [-0.4, -0.2) is 7.11 Å². The zero-order valence-corrected chi connectivity index (χ0v) is 13.1. The Kier molecular flexibility index (Phi) is 3.88. The van der Waals surface area contributed by atoms with E-state index >= 15 is 0 Å². The molecule has 0 saturated carbocycles. The second-order valence-electron chi connectivity index (χ2n) is 4.44. The van der Waals surface area contributed by atoms with Crippen molar-refractivity contribution in [2.45, 2.75) is 5.38 Å². The molecule has 4 heteroatoms. The smallest absolute Gasteiger partial charge is 0.123 e. The monoisotopic (exact) mass is 322 g/mol. The van der Waals surface area contributed by atoms with Gasteiger partial charge < -0.3 is 4.74 Å². The highest BCUT2D eigenvalue weighted by molar-refractivity contribution is 7.17. The maximum Gasteiger partial charge on any atom is 0.123 e. The van der Waals surface area contributed by atoms with E-state index in [9.17, 15) is 0 Å². The average Bonchev–Trinajstić information content (AvgIpc) is 2.90. The minimum atomic E-state index is -0.278. The fourth-order valence-electron chi connectivity index (χ4n) is 2.27. The summed E-state index contributed by atoms with van der Waals surface area (Å²) in [5.74, 6) is 0.754. The van der Waals surface area contributed by atoms with Crippen molar-refractivity contribution < 1.29 is 4.74 Å². The topological polar surface area (TPSA) is 9.23 Å². The van der Waals surface area contributed by atoms with Gasteiger partial charge in [0.05, 0.1) is 12.5 Å². The van der Waals surface area contributed by atoms with Gasteiger partial charge in [-0.25, -0.2) is 0 Å². The molecule has 1 aromatic heterocycles. The minimum absolute atomic E-state index is 0.278. The van der Waals surface area contributed by atoms with Crippen LogP contribution in [0.2, 0.25) is 5.02 Å². The highest BCUT2D eigenvalue weighted by atomic mass is 35.5. The van der Waals surface area contributed by atoms with E-state index in [0.717, 1.165) is 16.9 Å². The zero-order valence-electron chi connectivity index (χ0n) is 10.8. The van der Waals surface area contributed by atoms with Gasteiger partial charge in [0.15, 0.2) is 0 Å². The predicted molar refractivity (Wildman–Crippen MR) is 87.5 cm³/mol. The number of fused-ring (bicyclic) bond motifs is 1. The molecule has 1 unspecified atom stereocenters. The van der Waals surface area contributed by atoms with E-state index in [1.165, 1.54) is 10.1 Å². The molecule has 0 spiro atoms. The normalized spacial score (nSPS) is 12.6. The maximum atomic E-state index is 6.68. The van der Waals surface area contributed by atoms with Crippen LogP contribution in [0.5, 0.6) is 5.75 Å². The molecule has 0 radical (unpaired) electrons. The molecule has 3 aromatic rings. The molecule has 0 aliphatic carbocycles. The molecule has 0 fully saturated rings. The number of methoxy groups -OCH3 is 1. The summed E-state index contributed by atoms with van der Waals surface area (Å²) in [6.07, 6.45) is 0. The number of halogens is 2. The average molecular weight is 323 g/mol. The molecule has 0 saturated heterocycles. The number of ether oxygens (including phenoxy) is 1. The van der Waals surface area contributed by atoms with E-state index in [4.69, 9.17) is 27.9 Å². The molecule has 3 rings (SSSR count). The minimum Gasteiger partial charge on any atom is -0.496 e. The van der Waals surface area contributed by atoms with E-state index in [1.807, 2.05) is 24.3 Å². The summed E-state index contributed by atoms with van der Waals surface area (Å²) < 4.78 is 6.62.